The van der Waals surface area contributed by atoms with Crippen LogP contribution in [0.15, 0.2) is 23.4 Å². The lowest BCUT2D eigenvalue weighted by Crippen LogP contribution is -2.50. The van der Waals surface area contributed by atoms with E-state index in [-0.39, 0.29) is 23.9 Å². The van der Waals surface area contributed by atoms with E-state index in [1.54, 1.807) is 23.4 Å². The van der Waals surface area contributed by atoms with Crippen molar-refractivity contribution in [1.82, 2.24) is 33.6 Å². The Hall–Kier alpha value is -2.79. The Bertz CT molecular complexity index is 1200. The molecule has 4 rings (SSSR count). The van der Waals surface area contributed by atoms with Crippen molar-refractivity contribution in [3.63, 3.8) is 0 Å². The summed E-state index contributed by atoms with van der Waals surface area (Å²) in [5.74, 6) is -0.188. The van der Waals surface area contributed by atoms with E-state index in [9.17, 15) is 13.2 Å². The summed E-state index contributed by atoms with van der Waals surface area (Å²) in [7, 11) is -1.93. The van der Waals surface area contributed by atoms with Crippen LogP contribution in [-0.2, 0) is 17.1 Å². The first-order valence-electron chi connectivity index (χ1n) is 9.30. The molecule has 154 valence electrons. The van der Waals surface area contributed by atoms with Gasteiger partial charge in [-0.05, 0) is 26.8 Å². The van der Waals surface area contributed by atoms with Crippen LogP contribution in [-0.4, -0.2) is 74.1 Å². The van der Waals surface area contributed by atoms with Crippen molar-refractivity contribution in [2.75, 3.05) is 26.2 Å². The fourth-order valence-electron chi connectivity index (χ4n) is 3.59. The number of carbonyl (C=O) groups excluding carboxylic acids is 1. The maximum absolute atomic E-state index is 13.0. The number of rotatable bonds is 3. The lowest BCUT2D eigenvalue weighted by Gasteiger charge is -2.33. The molecule has 0 saturated carbocycles. The number of aromatic nitrogens is 5. The minimum atomic E-state index is -3.64. The first-order chi connectivity index (χ1) is 13.7. The molecule has 0 aromatic carbocycles. The summed E-state index contributed by atoms with van der Waals surface area (Å²) in [4.78, 5) is 19.3. The summed E-state index contributed by atoms with van der Waals surface area (Å²) in [5, 5.41) is 8.30. The first kappa shape index (κ1) is 19.5. The molecule has 11 heteroatoms. The highest BCUT2D eigenvalue weighted by Gasteiger charge is 2.33. The molecule has 0 bridgehead atoms. The van der Waals surface area contributed by atoms with E-state index in [1.165, 1.54) is 21.4 Å². The normalized spacial score (nSPS) is 15.9. The van der Waals surface area contributed by atoms with Crippen LogP contribution in [0.25, 0.3) is 5.65 Å². The van der Waals surface area contributed by atoms with Crippen molar-refractivity contribution in [3.8, 4) is 0 Å². The van der Waals surface area contributed by atoms with Gasteiger partial charge in [0, 0.05) is 44.6 Å². The Balaban J connectivity index is 1.53. The SMILES string of the molecule is Cc1cc(C)n2ncc(C(=O)N3CCN(S(=O)(=O)c4cnn(C)c4C)CC3)c2n1. The Morgan fingerprint density at radius 3 is 2.34 bits per heavy atom. The summed E-state index contributed by atoms with van der Waals surface area (Å²) < 4.78 is 30.4. The molecule has 0 unspecified atom stereocenters. The summed E-state index contributed by atoms with van der Waals surface area (Å²) in [6.45, 7) is 6.58. The molecular weight excluding hydrogens is 394 g/mol. The summed E-state index contributed by atoms with van der Waals surface area (Å²) >= 11 is 0. The molecule has 3 aromatic heterocycles. The van der Waals surface area contributed by atoms with E-state index < -0.39 is 10.0 Å². The molecule has 1 aliphatic heterocycles. The molecule has 0 aliphatic carbocycles. The van der Waals surface area contributed by atoms with Gasteiger partial charge < -0.3 is 4.90 Å². The smallest absolute Gasteiger partial charge is 0.259 e. The molecule has 1 saturated heterocycles. The highest BCUT2D eigenvalue weighted by Crippen LogP contribution is 2.21. The molecule has 1 aliphatic rings. The molecule has 10 nitrogen and oxygen atoms in total. The molecule has 0 radical (unpaired) electrons. The van der Waals surface area contributed by atoms with Crippen LogP contribution in [0, 0.1) is 20.8 Å². The minimum Gasteiger partial charge on any atom is -0.336 e. The first-order valence-corrected chi connectivity index (χ1v) is 10.7. The minimum absolute atomic E-state index is 0.188. The molecule has 1 amide bonds. The Morgan fingerprint density at radius 1 is 1.03 bits per heavy atom. The molecule has 0 atom stereocenters. The largest absolute Gasteiger partial charge is 0.336 e. The van der Waals surface area contributed by atoms with Gasteiger partial charge in [0.1, 0.15) is 10.5 Å². The second-order valence-electron chi connectivity index (χ2n) is 7.25. The standard InChI is InChI=1S/C18H23N7O3S/c1-12-9-13(2)25-17(21-12)15(10-20-25)18(26)23-5-7-24(8-6-23)29(27,28)16-11-19-22(4)14(16)3/h9-11H,5-8H2,1-4H3. The second kappa shape index (κ2) is 6.92. The highest BCUT2D eigenvalue weighted by molar-refractivity contribution is 7.89. The maximum atomic E-state index is 13.0. The van der Waals surface area contributed by atoms with Crippen LogP contribution in [0.1, 0.15) is 27.4 Å². The van der Waals surface area contributed by atoms with Gasteiger partial charge in [-0.2, -0.15) is 14.5 Å². The topological polar surface area (TPSA) is 106 Å². The van der Waals surface area contributed by atoms with Crippen LogP contribution >= 0.6 is 0 Å². The summed E-state index contributed by atoms with van der Waals surface area (Å²) in [6, 6.07) is 1.90. The van der Waals surface area contributed by atoms with Crippen molar-refractivity contribution < 1.29 is 13.2 Å². The van der Waals surface area contributed by atoms with Gasteiger partial charge in [0.2, 0.25) is 10.0 Å². The van der Waals surface area contributed by atoms with Crippen molar-refractivity contribution in [2.24, 2.45) is 7.05 Å². The number of fused-ring (bicyclic) bond motifs is 1. The van der Waals surface area contributed by atoms with Crippen molar-refractivity contribution >= 4 is 21.6 Å². The second-order valence-corrected chi connectivity index (χ2v) is 9.15. The molecule has 0 spiro atoms. The molecule has 0 N–H and O–H groups in total. The van der Waals surface area contributed by atoms with Gasteiger partial charge in [-0.1, -0.05) is 0 Å². The lowest BCUT2D eigenvalue weighted by atomic mass is 10.2. The fourth-order valence-corrected chi connectivity index (χ4v) is 5.20. The molecule has 1 fully saturated rings. The highest BCUT2D eigenvalue weighted by atomic mass is 32.2. The van der Waals surface area contributed by atoms with Crippen LogP contribution in [0.2, 0.25) is 0 Å². The van der Waals surface area contributed by atoms with Crippen molar-refractivity contribution in [3.05, 3.63) is 41.1 Å². The zero-order valence-corrected chi connectivity index (χ0v) is 17.6. The third-order valence-corrected chi connectivity index (χ3v) is 7.34. The van der Waals surface area contributed by atoms with E-state index in [1.807, 2.05) is 19.9 Å². The van der Waals surface area contributed by atoms with Gasteiger partial charge in [-0.25, -0.2) is 17.9 Å². The Morgan fingerprint density at radius 2 is 1.72 bits per heavy atom. The van der Waals surface area contributed by atoms with Gasteiger partial charge >= 0.3 is 0 Å². The van der Waals surface area contributed by atoms with E-state index in [4.69, 9.17) is 0 Å². The monoisotopic (exact) mass is 417 g/mol. The Kier molecular flexibility index (Phi) is 4.66. The molecule has 29 heavy (non-hydrogen) atoms. The Labute approximate surface area is 168 Å². The number of nitrogens with zero attached hydrogens (tertiary/aromatic N) is 7. The zero-order chi connectivity index (χ0) is 20.9. The summed E-state index contributed by atoms with van der Waals surface area (Å²) in [6.07, 6.45) is 2.90. The number of amides is 1. The summed E-state index contributed by atoms with van der Waals surface area (Å²) in [5.41, 5.74) is 3.25. The molecular formula is C18H23N7O3S. The third-order valence-electron chi connectivity index (χ3n) is 5.34. The number of piperazine rings is 1. The third kappa shape index (κ3) is 3.19. The average Bonchev–Trinajstić information content (AvgIpc) is 3.25. The molecule has 3 aromatic rings. The van der Waals surface area contributed by atoms with Gasteiger partial charge in [0.05, 0.1) is 18.1 Å². The van der Waals surface area contributed by atoms with Gasteiger partial charge in [-0.3, -0.25) is 9.48 Å². The zero-order valence-electron chi connectivity index (χ0n) is 16.8. The predicted molar refractivity (Wildman–Crippen MR) is 105 cm³/mol. The van der Waals surface area contributed by atoms with Gasteiger partial charge in [0.25, 0.3) is 5.91 Å². The van der Waals surface area contributed by atoms with E-state index in [0.717, 1.165) is 11.4 Å². The van der Waals surface area contributed by atoms with Crippen LogP contribution in [0.3, 0.4) is 0 Å². The van der Waals surface area contributed by atoms with Crippen LogP contribution in [0.5, 0.6) is 0 Å². The maximum Gasteiger partial charge on any atom is 0.259 e. The van der Waals surface area contributed by atoms with Crippen LogP contribution in [0.4, 0.5) is 0 Å². The van der Waals surface area contributed by atoms with Crippen molar-refractivity contribution in [1.29, 1.82) is 0 Å². The lowest BCUT2D eigenvalue weighted by molar-refractivity contribution is 0.0699. The predicted octanol–water partition coefficient (Wildman–Crippen LogP) is 0.535. The fraction of sp³-hybridized carbons (Fsp3) is 0.444. The quantitative estimate of drug-likeness (QED) is 0.616. The van der Waals surface area contributed by atoms with Gasteiger partial charge in [-0.15, -0.1) is 0 Å². The van der Waals surface area contributed by atoms with Gasteiger partial charge in [0.15, 0.2) is 5.65 Å². The number of sulfonamides is 1. The van der Waals surface area contributed by atoms with E-state index >= 15 is 0 Å². The number of hydrogen-bond acceptors (Lipinski definition) is 6. The van der Waals surface area contributed by atoms with Crippen molar-refractivity contribution in [2.45, 2.75) is 25.7 Å². The molecule has 4 heterocycles. The number of hydrogen-bond donors (Lipinski definition) is 0. The van der Waals surface area contributed by atoms with E-state index in [2.05, 4.69) is 15.2 Å². The number of carbonyl (C=O) groups is 1. The number of aryl methyl sites for hydroxylation is 3. The van der Waals surface area contributed by atoms with Crippen LogP contribution < -0.4 is 0 Å². The average molecular weight is 417 g/mol. The van der Waals surface area contributed by atoms with E-state index in [0.29, 0.717) is 30.0 Å².